The smallest absolute Gasteiger partial charge is 0.148 e. The van der Waals surface area contributed by atoms with Gasteiger partial charge in [0.2, 0.25) is 0 Å². The van der Waals surface area contributed by atoms with Crippen LogP contribution in [0.1, 0.15) is 0 Å². The van der Waals surface area contributed by atoms with Gasteiger partial charge < -0.3 is 11.1 Å². The molecule has 0 fully saturated rings. The Kier molecular flexibility index (Phi) is 2.64. The van der Waals surface area contributed by atoms with Crippen LogP contribution < -0.4 is 11.1 Å². The van der Waals surface area contributed by atoms with Gasteiger partial charge in [0, 0.05) is 16.1 Å². The molecular formula is C14H11FN2S. The summed E-state index contributed by atoms with van der Waals surface area (Å²) in [5.74, 6) is -0.347. The minimum Gasteiger partial charge on any atom is -0.399 e. The summed E-state index contributed by atoms with van der Waals surface area (Å²) in [6.07, 6.45) is 0. The van der Waals surface area contributed by atoms with Crippen molar-refractivity contribution in [3.63, 3.8) is 0 Å². The predicted molar refractivity (Wildman–Crippen MR) is 75.9 cm³/mol. The zero-order valence-electron chi connectivity index (χ0n) is 9.48. The molecule has 2 aromatic carbocycles. The van der Waals surface area contributed by atoms with Crippen LogP contribution in [-0.4, -0.2) is 0 Å². The molecule has 0 saturated carbocycles. The third kappa shape index (κ3) is 2.02. The van der Waals surface area contributed by atoms with Gasteiger partial charge in [0.15, 0.2) is 0 Å². The van der Waals surface area contributed by atoms with Crippen molar-refractivity contribution in [3.05, 3.63) is 53.7 Å². The van der Waals surface area contributed by atoms with Gasteiger partial charge in [-0.15, -0.1) is 11.3 Å². The average Bonchev–Trinajstić information content (AvgIpc) is 2.80. The van der Waals surface area contributed by atoms with E-state index in [-0.39, 0.29) is 5.82 Å². The number of nitrogens with two attached hydrogens (primary N) is 1. The normalized spacial score (nSPS) is 10.7. The van der Waals surface area contributed by atoms with Crippen LogP contribution >= 0.6 is 11.3 Å². The zero-order chi connectivity index (χ0) is 12.5. The van der Waals surface area contributed by atoms with Crippen LogP contribution in [0.2, 0.25) is 0 Å². The van der Waals surface area contributed by atoms with Crippen molar-refractivity contribution in [1.29, 1.82) is 0 Å². The Morgan fingerprint density at radius 2 is 1.94 bits per heavy atom. The van der Waals surface area contributed by atoms with Crippen LogP contribution in [0.15, 0.2) is 47.8 Å². The summed E-state index contributed by atoms with van der Waals surface area (Å²) in [4.78, 5) is 0. The van der Waals surface area contributed by atoms with E-state index in [1.54, 1.807) is 23.5 Å². The van der Waals surface area contributed by atoms with E-state index < -0.39 is 0 Å². The molecule has 0 unspecified atom stereocenters. The highest BCUT2D eigenvalue weighted by Crippen LogP contribution is 2.27. The fraction of sp³-hybridized carbons (Fsp3) is 0. The lowest BCUT2D eigenvalue weighted by molar-refractivity contribution is 0.632. The highest BCUT2D eigenvalue weighted by molar-refractivity contribution is 7.17. The SMILES string of the molecule is Nc1ccc(Nc2ccc3sccc3c2)c(F)c1. The maximum Gasteiger partial charge on any atom is 0.148 e. The first-order valence-electron chi connectivity index (χ1n) is 5.52. The first-order chi connectivity index (χ1) is 8.72. The second-order valence-electron chi connectivity index (χ2n) is 4.04. The average molecular weight is 258 g/mol. The van der Waals surface area contributed by atoms with Crippen LogP contribution in [0.25, 0.3) is 10.1 Å². The Bertz CT molecular complexity index is 706. The van der Waals surface area contributed by atoms with Gasteiger partial charge >= 0.3 is 0 Å². The van der Waals surface area contributed by atoms with Crippen molar-refractivity contribution in [2.75, 3.05) is 11.1 Å². The molecule has 0 saturated heterocycles. The topological polar surface area (TPSA) is 38.0 Å². The Morgan fingerprint density at radius 3 is 2.78 bits per heavy atom. The molecule has 90 valence electrons. The van der Waals surface area contributed by atoms with Crippen molar-refractivity contribution in [2.45, 2.75) is 0 Å². The highest BCUT2D eigenvalue weighted by Gasteiger charge is 2.03. The fourth-order valence-electron chi connectivity index (χ4n) is 1.83. The molecule has 0 spiro atoms. The molecular weight excluding hydrogens is 247 g/mol. The number of thiophene rings is 1. The van der Waals surface area contributed by atoms with Crippen LogP contribution in [0.3, 0.4) is 0 Å². The largest absolute Gasteiger partial charge is 0.399 e. The predicted octanol–water partition coefficient (Wildman–Crippen LogP) is 4.37. The summed E-state index contributed by atoms with van der Waals surface area (Å²) < 4.78 is 14.9. The van der Waals surface area contributed by atoms with Crippen LogP contribution in [-0.2, 0) is 0 Å². The molecule has 4 heteroatoms. The molecule has 0 amide bonds. The lowest BCUT2D eigenvalue weighted by Gasteiger charge is -2.08. The summed E-state index contributed by atoms with van der Waals surface area (Å²) in [5, 5.41) is 6.25. The summed E-state index contributed by atoms with van der Waals surface area (Å²) in [6, 6.07) is 12.6. The van der Waals surface area contributed by atoms with E-state index in [9.17, 15) is 4.39 Å². The molecule has 0 radical (unpaired) electrons. The van der Waals surface area contributed by atoms with Gasteiger partial charge in [-0.3, -0.25) is 0 Å². The van der Waals surface area contributed by atoms with Crippen molar-refractivity contribution in [2.24, 2.45) is 0 Å². The zero-order valence-corrected chi connectivity index (χ0v) is 10.3. The third-order valence-electron chi connectivity index (χ3n) is 2.72. The van der Waals surface area contributed by atoms with Crippen molar-refractivity contribution >= 4 is 38.5 Å². The lowest BCUT2D eigenvalue weighted by Crippen LogP contribution is -1.95. The second kappa shape index (κ2) is 4.31. The molecule has 0 aliphatic rings. The maximum atomic E-state index is 13.6. The van der Waals surface area contributed by atoms with E-state index in [0.29, 0.717) is 11.4 Å². The summed E-state index contributed by atoms with van der Waals surface area (Å²) >= 11 is 1.69. The number of hydrogen-bond donors (Lipinski definition) is 2. The van der Waals surface area contributed by atoms with Gasteiger partial charge in [-0.2, -0.15) is 0 Å². The molecule has 3 N–H and O–H groups in total. The van der Waals surface area contributed by atoms with Crippen LogP contribution in [0, 0.1) is 5.82 Å². The molecule has 3 rings (SSSR count). The molecule has 1 aromatic heterocycles. The standard InChI is InChI=1S/C14H11FN2S/c15-12-8-10(16)1-3-13(12)17-11-2-4-14-9(7-11)5-6-18-14/h1-8,17H,16H2. The van der Waals surface area contributed by atoms with Gasteiger partial charge in [0.05, 0.1) is 5.69 Å². The summed E-state index contributed by atoms with van der Waals surface area (Å²) in [7, 11) is 0. The molecule has 0 atom stereocenters. The fourth-order valence-corrected chi connectivity index (χ4v) is 2.60. The molecule has 1 heterocycles. The number of hydrogen-bond acceptors (Lipinski definition) is 3. The van der Waals surface area contributed by atoms with E-state index in [1.165, 1.54) is 10.8 Å². The highest BCUT2D eigenvalue weighted by atomic mass is 32.1. The second-order valence-corrected chi connectivity index (χ2v) is 4.99. The third-order valence-corrected chi connectivity index (χ3v) is 3.62. The molecule has 0 aliphatic heterocycles. The number of fused-ring (bicyclic) bond motifs is 1. The molecule has 18 heavy (non-hydrogen) atoms. The Morgan fingerprint density at radius 1 is 1.06 bits per heavy atom. The first kappa shape index (κ1) is 11.0. The van der Waals surface area contributed by atoms with E-state index in [2.05, 4.69) is 5.32 Å². The number of rotatable bonds is 2. The Hall–Kier alpha value is -2.07. The first-order valence-corrected chi connectivity index (χ1v) is 6.40. The van der Waals surface area contributed by atoms with Crippen molar-refractivity contribution in [1.82, 2.24) is 0 Å². The minimum atomic E-state index is -0.347. The number of nitrogen functional groups attached to an aromatic ring is 1. The van der Waals surface area contributed by atoms with E-state index in [4.69, 9.17) is 5.73 Å². The quantitative estimate of drug-likeness (QED) is 0.670. The molecule has 3 aromatic rings. The van der Waals surface area contributed by atoms with Crippen LogP contribution in [0.4, 0.5) is 21.5 Å². The van der Waals surface area contributed by atoms with Gasteiger partial charge in [-0.25, -0.2) is 4.39 Å². The van der Waals surface area contributed by atoms with Gasteiger partial charge in [0.1, 0.15) is 5.82 Å². The van der Waals surface area contributed by atoms with Crippen molar-refractivity contribution in [3.8, 4) is 0 Å². The molecule has 2 nitrogen and oxygen atoms in total. The van der Waals surface area contributed by atoms with Gasteiger partial charge in [-0.05, 0) is 53.2 Å². The monoisotopic (exact) mass is 258 g/mol. The number of halogens is 1. The lowest BCUT2D eigenvalue weighted by atomic mass is 10.2. The van der Waals surface area contributed by atoms with E-state index in [1.807, 2.05) is 29.6 Å². The van der Waals surface area contributed by atoms with Gasteiger partial charge in [-0.1, -0.05) is 0 Å². The molecule has 0 bridgehead atoms. The number of nitrogens with one attached hydrogen (secondary N) is 1. The number of benzene rings is 2. The maximum absolute atomic E-state index is 13.6. The summed E-state index contributed by atoms with van der Waals surface area (Å²) in [6.45, 7) is 0. The molecule has 0 aliphatic carbocycles. The Labute approximate surface area is 108 Å². The number of anilines is 3. The Balaban J connectivity index is 1.95. The van der Waals surface area contributed by atoms with Crippen LogP contribution in [0.5, 0.6) is 0 Å². The van der Waals surface area contributed by atoms with Gasteiger partial charge in [0.25, 0.3) is 0 Å². The summed E-state index contributed by atoms with van der Waals surface area (Å²) in [5.41, 5.74) is 7.23. The van der Waals surface area contributed by atoms with Crippen molar-refractivity contribution < 1.29 is 4.39 Å². The minimum absolute atomic E-state index is 0.347. The van der Waals surface area contributed by atoms with E-state index in [0.717, 1.165) is 11.1 Å². The van der Waals surface area contributed by atoms with E-state index >= 15 is 0 Å².